The van der Waals surface area contributed by atoms with Crippen LogP contribution in [-0.2, 0) is 0 Å². The fraction of sp³-hybridized carbons (Fsp3) is 0.538. The Hall–Kier alpha value is -1.29. The van der Waals surface area contributed by atoms with Crippen molar-refractivity contribution in [1.29, 1.82) is 5.41 Å². The number of piperidine rings is 1. The van der Waals surface area contributed by atoms with Gasteiger partial charge in [0.15, 0.2) is 0 Å². The summed E-state index contributed by atoms with van der Waals surface area (Å²) in [6.07, 6.45) is 4.05. The van der Waals surface area contributed by atoms with Crippen molar-refractivity contribution in [1.82, 2.24) is 4.98 Å². The van der Waals surface area contributed by atoms with E-state index in [4.69, 9.17) is 22.7 Å². The van der Waals surface area contributed by atoms with Crippen molar-refractivity contribution in [2.45, 2.75) is 32.7 Å². The van der Waals surface area contributed by atoms with Crippen LogP contribution in [0.25, 0.3) is 0 Å². The molecule has 1 aromatic rings. The van der Waals surface area contributed by atoms with Gasteiger partial charge in [-0.25, -0.2) is 4.98 Å². The number of nitrogens with one attached hydrogen (secondary N) is 1. The SMILES string of the molecule is CC1CCC(C)N(c2nccc(C(=N)N)c2Cl)C1. The van der Waals surface area contributed by atoms with Crippen molar-refractivity contribution in [3.63, 3.8) is 0 Å². The van der Waals surface area contributed by atoms with E-state index >= 15 is 0 Å². The van der Waals surface area contributed by atoms with Gasteiger partial charge >= 0.3 is 0 Å². The molecular weight excluding hydrogens is 248 g/mol. The molecule has 0 amide bonds. The minimum Gasteiger partial charge on any atom is -0.384 e. The van der Waals surface area contributed by atoms with Gasteiger partial charge in [0, 0.05) is 24.3 Å². The number of aromatic nitrogens is 1. The Labute approximate surface area is 113 Å². The van der Waals surface area contributed by atoms with Gasteiger partial charge in [-0.05, 0) is 31.7 Å². The van der Waals surface area contributed by atoms with Gasteiger partial charge in [-0.2, -0.15) is 0 Å². The summed E-state index contributed by atoms with van der Waals surface area (Å²) in [6, 6.07) is 2.11. The Balaban J connectivity index is 2.38. The molecule has 2 rings (SSSR count). The Kier molecular flexibility index (Phi) is 3.76. The lowest BCUT2D eigenvalue weighted by atomic mass is 9.95. The molecule has 0 spiro atoms. The maximum Gasteiger partial charge on any atom is 0.148 e. The number of rotatable bonds is 2. The average molecular weight is 267 g/mol. The topological polar surface area (TPSA) is 66.0 Å². The van der Waals surface area contributed by atoms with E-state index in [9.17, 15) is 0 Å². The van der Waals surface area contributed by atoms with Crippen LogP contribution in [0.3, 0.4) is 0 Å². The van der Waals surface area contributed by atoms with Gasteiger partial charge in [-0.15, -0.1) is 0 Å². The van der Waals surface area contributed by atoms with Crippen LogP contribution in [0, 0.1) is 11.3 Å². The van der Waals surface area contributed by atoms with Crippen molar-refractivity contribution >= 4 is 23.3 Å². The highest BCUT2D eigenvalue weighted by molar-refractivity contribution is 6.36. The molecular formula is C13H19ClN4. The first-order valence-electron chi connectivity index (χ1n) is 6.26. The van der Waals surface area contributed by atoms with Gasteiger partial charge in [0.1, 0.15) is 11.7 Å². The summed E-state index contributed by atoms with van der Waals surface area (Å²) in [5, 5.41) is 8.02. The molecule has 2 atom stereocenters. The second-order valence-corrected chi connectivity index (χ2v) is 5.47. The van der Waals surface area contributed by atoms with Crippen LogP contribution in [0.4, 0.5) is 5.82 Å². The molecule has 1 fully saturated rings. The van der Waals surface area contributed by atoms with E-state index in [0.29, 0.717) is 22.5 Å². The molecule has 2 unspecified atom stereocenters. The number of hydrogen-bond acceptors (Lipinski definition) is 3. The highest BCUT2D eigenvalue weighted by Crippen LogP contribution is 2.32. The van der Waals surface area contributed by atoms with Crippen LogP contribution in [0.5, 0.6) is 0 Å². The number of amidine groups is 1. The van der Waals surface area contributed by atoms with Crippen molar-refractivity contribution in [2.75, 3.05) is 11.4 Å². The van der Waals surface area contributed by atoms with E-state index in [1.807, 2.05) is 0 Å². The number of pyridine rings is 1. The minimum absolute atomic E-state index is 0.0126. The molecule has 1 aliphatic heterocycles. The monoisotopic (exact) mass is 266 g/mol. The molecule has 3 N–H and O–H groups in total. The summed E-state index contributed by atoms with van der Waals surface area (Å²) < 4.78 is 0. The summed E-state index contributed by atoms with van der Waals surface area (Å²) >= 11 is 6.33. The molecule has 0 radical (unpaired) electrons. The molecule has 5 heteroatoms. The van der Waals surface area contributed by atoms with Crippen LogP contribution in [0.1, 0.15) is 32.3 Å². The van der Waals surface area contributed by atoms with Crippen molar-refractivity contribution in [3.8, 4) is 0 Å². The second kappa shape index (κ2) is 5.14. The zero-order chi connectivity index (χ0) is 13.3. The fourth-order valence-electron chi connectivity index (χ4n) is 2.42. The molecule has 0 aliphatic carbocycles. The van der Waals surface area contributed by atoms with Crippen molar-refractivity contribution in [2.24, 2.45) is 11.7 Å². The molecule has 0 aromatic carbocycles. The molecule has 2 heterocycles. The van der Waals surface area contributed by atoms with Crippen LogP contribution in [0.15, 0.2) is 12.3 Å². The van der Waals surface area contributed by atoms with Crippen LogP contribution >= 0.6 is 11.6 Å². The van der Waals surface area contributed by atoms with Crippen LogP contribution < -0.4 is 10.6 Å². The number of halogens is 1. The molecule has 1 aliphatic rings. The third-order valence-electron chi connectivity index (χ3n) is 3.55. The first-order chi connectivity index (χ1) is 8.50. The Morgan fingerprint density at radius 3 is 2.89 bits per heavy atom. The molecule has 1 saturated heterocycles. The quantitative estimate of drug-likeness (QED) is 0.639. The van der Waals surface area contributed by atoms with Crippen molar-refractivity contribution in [3.05, 3.63) is 22.8 Å². The predicted molar refractivity (Wildman–Crippen MR) is 75.5 cm³/mol. The first kappa shape index (κ1) is 13.1. The maximum absolute atomic E-state index is 7.52. The van der Waals surface area contributed by atoms with Gasteiger partial charge in [-0.1, -0.05) is 18.5 Å². The zero-order valence-corrected chi connectivity index (χ0v) is 11.5. The first-order valence-corrected chi connectivity index (χ1v) is 6.64. The van der Waals surface area contributed by atoms with E-state index in [0.717, 1.165) is 18.8 Å². The Morgan fingerprint density at radius 1 is 1.50 bits per heavy atom. The van der Waals surface area contributed by atoms with E-state index < -0.39 is 0 Å². The molecule has 4 nitrogen and oxygen atoms in total. The highest BCUT2D eigenvalue weighted by Gasteiger charge is 2.26. The molecule has 18 heavy (non-hydrogen) atoms. The highest BCUT2D eigenvalue weighted by atomic mass is 35.5. The predicted octanol–water partition coefficient (Wildman–Crippen LogP) is 2.64. The van der Waals surface area contributed by atoms with Crippen LogP contribution in [-0.4, -0.2) is 23.4 Å². The average Bonchev–Trinajstić information content (AvgIpc) is 2.32. The molecule has 0 bridgehead atoms. The number of anilines is 1. The lowest BCUT2D eigenvalue weighted by molar-refractivity contribution is 0.388. The minimum atomic E-state index is -0.0126. The largest absolute Gasteiger partial charge is 0.384 e. The number of nitrogens with zero attached hydrogens (tertiary/aromatic N) is 2. The van der Waals surface area contributed by atoms with Crippen molar-refractivity contribution < 1.29 is 0 Å². The van der Waals surface area contributed by atoms with E-state index in [1.165, 1.54) is 6.42 Å². The summed E-state index contributed by atoms with van der Waals surface area (Å²) in [5.74, 6) is 1.38. The number of hydrogen-bond donors (Lipinski definition) is 2. The van der Waals surface area contributed by atoms with Crippen LogP contribution in [0.2, 0.25) is 5.02 Å². The number of nitrogens with two attached hydrogens (primary N) is 1. The van der Waals surface area contributed by atoms with E-state index in [1.54, 1.807) is 12.3 Å². The molecule has 0 saturated carbocycles. The lowest BCUT2D eigenvalue weighted by Gasteiger charge is -2.38. The lowest BCUT2D eigenvalue weighted by Crippen LogP contribution is -2.41. The second-order valence-electron chi connectivity index (χ2n) is 5.09. The Bertz CT molecular complexity index is 460. The summed E-state index contributed by atoms with van der Waals surface area (Å²) in [7, 11) is 0. The normalized spacial score (nSPS) is 24.1. The Morgan fingerprint density at radius 2 is 2.22 bits per heavy atom. The van der Waals surface area contributed by atoms with Gasteiger partial charge in [-0.3, -0.25) is 5.41 Å². The summed E-state index contributed by atoms with van der Waals surface area (Å²) in [6.45, 7) is 5.38. The summed E-state index contributed by atoms with van der Waals surface area (Å²) in [5.41, 5.74) is 6.09. The number of nitrogen functional groups attached to an aromatic ring is 1. The van der Waals surface area contributed by atoms with Gasteiger partial charge in [0.05, 0.1) is 5.02 Å². The third kappa shape index (κ3) is 2.43. The molecule has 98 valence electrons. The van der Waals surface area contributed by atoms with Gasteiger partial charge < -0.3 is 10.6 Å². The van der Waals surface area contributed by atoms with E-state index in [2.05, 4.69) is 23.7 Å². The molecule has 1 aromatic heterocycles. The standard InChI is InChI=1S/C13H19ClN4/c1-8-3-4-9(2)18(7-8)13-11(14)10(12(15)16)5-6-17-13/h5-6,8-9H,3-4,7H2,1-2H3,(H3,15,16). The smallest absolute Gasteiger partial charge is 0.148 e. The van der Waals surface area contributed by atoms with Gasteiger partial charge in [0.25, 0.3) is 0 Å². The van der Waals surface area contributed by atoms with Gasteiger partial charge in [0.2, 0.25) is 0 Å². The zero-order valence-electron chi connectivity index (χ0n) is 10.8. The third-order valence-corrected chi connectivity index (χ3v) is 3.92. The maximum atomic E-state index is 7.52. The summed E-state index contributed by atoms with van der Waals surface area (Å²) in [4.78, 5) is 6.60. The van der Waals surface area contributed by atoms with E-state index in [-0.39, 0.29) is 5.84 Å². The fourth-order valence-corrected chi connectivity index (χ4v) is 2.75.